The summed E-state index contributed by atoms with van der Waals surface area (Å²) in [6.45, 7) is 4.48. The fourth-order valence-electron chi connectivity index (χ4n) is 2.36. The third-order valence-corrected chi connectivity index (χ3v) is 3.58. The summed E-state index contributed by atoms with van der Waals surface area (Å²) in [5, 5.41) is 5.98. The molecule has 138 valence electrons. The minimum absolute atomic E-state index is 0.101. The maximum atomic E-state index is 12.4. The third kappa shape index (κ3) is 5.50. The molecule has 0 spiro atoms. The van der Waals surface area contributed by atoms with Crippen molar-refractivity contribution in [1.29, 1.82) is 0 Å². The summed E-state index contributed by atoms with van der Waals surface area (Å²) >= 11 is 0. The molecule has 2 heterocycles. The van der Waals surface area contributed by atoms with Crippen molar-refractivity contribution in [3.05, 3.63) is 72.4 Å². The number of aromatic nitrogens is 3. The molecule has 0 aliphatic rings. The average molecular weight is 363 g/mol. The molecular formula is C20H21N5O2. The molecule has 7 heteroatoms. The molecule has 0 aliphatic heterocycles. The molecule has 2 N–H and O–H groups in total. The van der Waals surface area contributed by atoms with Gasteiger partial charge in [-0.25, -0.2) is 9.97 Å². The zero-order valence-electron chi connectivity index (χ0n) is 15.2. The van der Waals surface area contributed by atoms with Crippen molar-refractivity contribution in [2.45, 2.75) is 26.5 Å². The molecule has 3 rings (SSSR count). The van der Waals surface area contributed by atoms with Crippen LogP contribution < -0.4 is 15.4 Å². The van der Waals surface area contributed by atoms with Gasteiger partial charge in [-0.2, -0.15) is 0 Å². The number of hydrogen-bond acceptors (Lipinski definition) is 6. The van der Waals surface area contributed by atoms with Gasteiger partial charge in [0, 0.05) is 30.7 Å². The van der Waals surface area contributed by atoms with Crippen LogP contribution in [0.5, 0.6) is 5.75 Å². The van der Waals surface area contributed by atoms with Crippen molar-refractivity contribution < 1.29 is 9.53 Å². The molecule has 0 aliphatic carbocycles. The van der Waals surface area contributed by atoms with Crippen LogP contribution in [-0.2, 0) is 6.54 Å². The SMILES string of the molecule is CC(C)Oc1ccc(NC(=O)c2cc(NCc3cccnc3)ncn2)cc1. The second kappa shape index (κ2) is 8.75. The third-order valence-electron chi connectivity index (χ3n) is 3.58. The summed E-state index contributed by atoms with van der Waals surface area (Å²) in [7, 11) is 0. The second-order valence-corrected chi connectivity index (χ2v) is 6.15. The topological polar surface area (TPSA) is 89.0 Å². The van der Waals surface area contributed by atoms with E-state index >= 15 is 0 Å². The molecule has 0 fully saturated rings. The summed E-state index contributed by atoms with van der Waals surface area (Å²) in [5.41, 5.74) is 1.96. The van der Waals surface area contributed by atoms with Crippen LogP contribution >= 0.6 is 0 Å². The Hall–Kier alpha value is -3.48. The molecule has 0 radical (unpaired) electrons. The number of hydrogen-bond donors (Lipinski definition) is 2. The van der Waals surface area contributed by atoms with E-state index in [1.54, 1.807) is 30.6 Å². The van der Waals surface area contributed by atoms with E-state index in [4.69, 9.17) is 4.74 Å². The first-order valence-electron chi connectivity index (χ1n) is 8.63. The zero-order valence-corrected chi connectivity index (χ0v) is 15.2. The first-order chi connectivity index (χ1) is 13.1. The summed E-state index contributed by atoms with van der Waals surface area (Å²) in [6.07, 6.45) is 4.95. The maximum absolute atomic E-state index is 12.4. The Morgan fingerprint density at radius 3 is 2.67 bits per heavy atom. The van der Waals surface area contributed by atoms with Crippen LogP contribution in [0.3, 0.4) is 0 Å². The van der Waals surface area contributed by atoms with Crippen molar-refractivity contribution in [2.24, 2.45) is 0 Å². The van der Waals surface area contributed by atoms with Gasteiger partial charge in [-0.05, 0) is 49.7 Å². The molecular weight excluding hydrogens is 342 g/mol. The largest absolute Gasteiger partial charge is 0.491 e. The Bertz CT molecular complexity index is 882. The van der Waals surface area contributed by atoms with E-state index in [1.165, 1.54) is 6.33 Å². The highest BCUT2D eigenvalue weighted by atomic mass is 16.5. The van der Waals surface area contributed by atoms with Crippen LogP contribution in [-0.4, -0.2) is 27.0 Å². The van der Waals surface area contributed by atoms with Crippen molar-refractivity contribution in [3.8, 4) is 5.75 Å². The van der Waals surface area contributed by atoms with Gasteiger partial charge < -0.3 is 15.4 Å². The number of nitrogens with one attached hydrogen (secondary N) is 2. The van der Waals surface area contributed by atoms with Crippen LogP contribution in [0.1, 0.15) is 29.9 Å². The van der Waals surface area contributed by atoms with Gasteiger partial charge in [0.2, 0.25) is 0 Å². The van der Waals surface area contributed by atoms with E-state index in [1.807, 2.05) is 38.1 Å². The minimum Gasteiger partial charge on any atom is -0.491 e. The fourth-order valence-corrected chi connectivity index (χ4v) is 2.36. The monoisotopic (exact) mass is 363 g/mol. The summed E-state index contributed by atoms with van der Waals surface area (Å²) in [4.78, 5) is 24.7. The number of carbonyl (C=O) groups is 1. The lowest BCUT2D eigenvalue weighted by molar-refractivity contribution is 0.102. The quantitative estimate of drug-likeness (QED) is 0.668. The van der Waals surface area contributed by atoms with Gasteiger partial charge in [0.25, 0.3) is 5.91 Å². The number of carbonyl (C=O) groups excluding carboxylic acids is 1. The molecule has 2 aromatic heterocycles. The number of benzene rings is 1. The lowest BCUT2D eigenvalue weighted by atomic mass is 10.2. The summed E-state index contributed by atoms with van der Waals surface area (Å²) < 4.78 is 5.59. The van der Waals surface area contributed by atoms with Crippen molar-refractivity contribution in [3.63, 3.8) is 0 Å². The first kappa shape index (κ1) is 18.3. The first-order valence-corrected chi connectivity index (χ1v) is 8.63. The van der Waals surface area contributed by atoms with Crippen molar-refractivity contribution in [1.82, 2.24) is 15.0 Å². The van der Waals surface area contributed by atoms with Crippen LogP contribution in [0.15, 0.2) is 61.2 Å². The molecule has 7 nitrogen and oxygen atoms in total. The predicted molar refractivity (Wildman–Crippen MR) is 104 cm³/mol. The van der Waals surface area contributed by atoms with Crippen LogP contribution in [0, 0.1) is 0 Å². The van der Waals surface area contributed by atoms with Gasteiger partial charge in [0.15, 0.2) is 0 Å². The van der Waals surface area contributed by atoms with E-state index in [-0.39, 0.29) is 17.7 Å². The highest BCUT2D eigenvalue weighted by Gasteiger charge is 2.09. The molecule has 0 saturated heterocycles. The predicted octanol–water partition coefficient (Wildman–Crippen LogP) is 3.52. The number of pyridine rings is 1. The van der Waals surface area contributed by atoms with Gasteiger partial charge in [0.1, 0.15) is 23.6 Å². The number of nitrogens with zero attached hydrogens (tertiary/aromatic N) is 3. The standard InChI is InChI=1S/C20H21N5O2/c1-14(2)27-17-7-5-16(6-8-17)25-20(26)18-10-19(24-13-23-18)22-12-15-4-3-9-21-11-15/h3-11,13-14H,12H2,1-2H3,(H,25,26)(H,22,23,24). The maximum Gasteiger partial charge on any atom is 0.274 e. The number of amides is 1. The van der Waals surface area contributed by atoms with E-state index in [0.29, 0.717) is 18.1 Å². The smallest absolute Gasteiger partial charge is 0.274 e. The highest BCUT2D eigenvalue weighted by Crippen LogP contribution is 2.17. The molecule has 0 bridgehead atoms. The lowest BCUT2D eigenvalue weighted by Crippen LogP contribution is -2.14. The molecule has 27 heavy (non-hydrogen) atoms. The molecule has 1 amide bonds. The Kier molecular flexibility index (Phi) is 5.94. The van der Waals surface area contributed by atoms with Crippen LogP contribution in [0.2, 0.25) is 0 Å². The Balaban J connectivity index is 1.61. The van der Waals surface area contributed by atoms with Gasteiger partial charge in [-0.3, -0.25) is 9.78 Å². The Morgan fingerprint density at radius 1 is 1.15 bits per heavy atom. The van der Waals surface area contributed by atoms with Crippen molar-refractivity contribution >= 4 is 17.4 Å². The Labute approximate surface area is 157 Å². The minimum atomic E-state index is -0.306. The van der Waals surface area contributed by atoms with E-state index in [0.717, 1.165) is 11.3 Å². The number of rotatable bonds is 7. The molecule has 0 unspecified atom stereocenters. The number of ether oxygens (including phenoxy) is 1. The molecule has 0 saturated carbocycles. The lowest BCUT2D eigenvalue weighted by Gasteiger charge is -2.11. The fraction of sp³-hybridized carbons (Fsp3) is 0.200. The van der Waals surface area contributed by atoms with E-state index in [2.05, 4.69) is 25.6 Å². The zero-order chi connectivity index (χ0) is 19.1. The molecule has 0 atom stereocenters. The normalized spacial score (nSPS) is 10.5. The van der Waals surface area contributed by atoms with Gasteiger partial charge in [-0.1, -0.05) is 6.07 Å². The average Bonchev–Trinajstić information content (AvgIpc) is 2.68. The van der Waals surface area contributed by atoms with Gasteiger partial charge >= 0.3 is 0 Å². The summed E-state index contributed by atoms with van der Waals surface area (Å²) in [6, 6.07) is 12.7. The highest BCUT2D eigenvalue weighted by molar-refractivity contribution is 6.03. The van der Waals surface area contributed by atoms with E-state index in [9.17, 15) is 4.79 Å². The van der Waals surface area contributed by atoms with Gasteiger partial charge in [-0.15, -0.1) is 0 Å². The van der Waals surface area contributed by atoms with Gasteiger partial charge in [0.05, 0.1) is 6.10 Å². The van der Waals surface area contributed by atoms with E-state index < -0.39 is 0 Å². The van der Waals surface area contributed by atoms with Crippen LogP contribution in [0.4, 0.5) is 11.5 Å². The summed E-state index contributed by atoms with van der Waals surface area (Å²) in [5.74, 6) is 1.02. The van der Waals surface area contributed by atoms with Crippen LogP contribution in [0.25, 0.3) is 0 Å². The molecule has 3 aromatic rings. The second-order valence-electron chi connectivity index (χ2n) is 6.15. The number of anilines is 2. The Morgan fingerprint density at radius 2 is 1.96 bits per heavy atom. The molecule has 1 aromatic carbocycles. The van der Waals surface area contributed by atoms with Crippen molar-refractivity contribution in [2.75, 3.05) is 10.6 Å².